The van der Waals surface area contributed by atoms with Crippen molar-refractivity contribution in [3.8, 4) is 0 Å². The third-order valence-electron chi connectivity index (χ3n) is 4.38. The maximum atomic E-state index is 12.2. The Bertz CT molecular complexity index is 705. The molecule has 2 aromatic carbocycles. The van der Waals surface area contributed by atoms with E-state index in [1.165, 1.54) is 0 Å². The molecule has 0 aromatic heterocycles. The van der Waals surface area contributed by atoms with Crippen molar-refractivity contribution < 1.29 is 14.7 Å². The molecule has 1 fully saturated rings. The molecule has 0 bridgehead atoms. The number of rotatable bonds is 4. The molecule has 1 amide bonds. The van der Waals surface area contributed by atoms with Crippen LogP contribution >= 0.6 is 0 Å². The average Bonchev–Trinajstić information content (AvgIpc) is 2.96. The van der Waals surface area contributed by atoms with E-state index in [-0.39, 0.29) is 17.9 Å². The zero-order valence-electron chi connectivity index (χ0n) is 12.3. The van der Waals surface area contributed by atoms with Gasteiger partial charge in [-0.25, -0.2) is 0 Å². The van der Waals surface area contributed by atoms with Crippen LogP contribution in [0.5, 0.6) is 0 Å². The van der Waals surface area contributed by atoms with Crippen molar-refractivity contribution in [3.05, 3.63) is 48.0 Å². The lowest BCUT2D eigenvalue weighted by molar-refractivity contribution is -0.141. The Morgan fingerprint density at radius 1 is 1.09 bits per heavy atom. The van der Waals surface area contributed by atoms with Gasteiger partial charge in [-0.3, -0.25) is 9.59 Å². The fourth-order valence-corrected chi connectivity index (χ4v) is 3.24. The minimum absolute atomic E-state index is 0.0106. The van der Waals surface area contributed by atoms with E-state index in [1.54, 1.807) is 0 Å². The van der Waals surface area contributed by atoms with Gasteiger partial charge in [0.2, 0.25) is 5.91 Å². The molecule has 3 rings (SSSR count). The van der Waals surface area contributed by atoms with E-state index in [0.29, 0.717) is 19.3 Å². The number of carbonyl (C=O) groups is 2. The molecule has 0 radical (unpaired) electrons. The fourth-order valence-electron chi connectivity index (χ4n) is 3.24. The highest BCUT2D eigenvalue weighted by Gasteiger charge is 2.30. The molecule has 0 heterocycles. The molecule has 22 heavy (non-hydrogen) atoms. The molecular formula is C18H19NO3. The van der Waals surface area contributed by atoms with Crippen LogP contribution < -0.4 is 5.32 Å². The van der Waals surface area contributed by atoms with Crippen LogP contribution in [0.4, 0.5) is 0 Å². The Balaban J connectivity index is 1.65. The van der Waals surface area contributed by atoms with Crippen LogP contribution in [-0.4, -0.2) is 23.0 Å². The maximum Gasteiger partial charge on any atom is 0.306 e. The minimum atomic E-state index is -0.759. The minimum Gasteiger partial charge on any atom is -0.481 e. The van der Waals surface area contributed by atoms with Gasteiger partial charge in [0, 0.05) is 6.04 Å². The zero-order chi connectivity index (χ0) is 15.5. The van der Waals surface area contributed by atoms with Crippen LogP contribution in [0, 0.1) is 5.92 Å². The number of amides is 1. The SMILES string of the molecule is O=C(Cc1cccc2ccccc12)N[C@@H]1CC[C@H](C(=O)O)C1. The Morgan fingerprint density at radius 3 is 2.64 bits per heavy atom. The van der Waals surface area contributed by atoms with Gasteiger partial charge < -0.3 is 10.4 Å². The van der Waals surface area contributed by atoms with Crippen LogP contribution in [0.25, 0.3) is 10.8 Å². The zero-order valence-corrected chi connectivity index (χ0v) is 12.3. The van der Waals surface area contributed by atoms with E-state index in [0.717, 1.165) is 22.8 Å². The number of fused-ring (bicyclic) bond motifs is 1. The first-order valence-corrected chi connectivity index (χ1v) is 7.62. The molecule has 114 valence electrons. The van der Waals surface area contributed by atoms with Crippen LogP contribution in [0.3, 0.4) is 0 Å². The van der Waals surface area contributed by atoms with Gasteiger partial charge in [0.15, 0.2) is 0 Å². The summed E-state index contributed by atoms with van der Waals surface area (Å²) in [7, 11) is 0. The second-order valence-electron chi connectivity index (χ2n) is 5.93. The summed E-state index contributed by atoms with van der Waals surface area (Å²) in [5.74, 6) is -1.11. The molecule has 2 atom stereocenters. The van der Waals surface area contributed by atoms with Gasteiger partial charge in [-0.05, 0) is 35.6 Å². The third-order valence-corrected chi connectivity index (χ3v) is 4.38. The van der Waals surface area contributed by atoms with Crippen molar-refractivity contribution in [3.63, 3.8) is 0 Å². The van der Waals surface area contributed by atoms with Crippen LogP contribution in [0.2, 0.25) is 0 Å². The Hall–Kier alpha value is -2.36. The summed E-state index contributed by atoms with van der Waals surface area (Å²) in [5.41, 5.74) is 1.00. The van der Waals surface area contributed by atoms with Gasteiger partial charge in [0.05, 0.1) is 12.3 Å². The highest BCUT2D eigenvalue weighted by molar-refractivity contribution is 5.90. The first-order valence-electron chi connectivity index (χ1n) is 7.62. The van der Waals surface area contributed by atoms with Gasteiger partial charge in [-0.15, -0.1) is 0 Å². The number of hydrogen-bond donors (Lipinski definition) is 2. The molecule has 0 aliphatic heterocycles. The summed E-state index contributed by atoms with van der Waals surface area (Å²) >= 11 is 0. The number of benzene rings is 2. The summed E-state index contributed by atoms with van der Waals surface area (Å²) in [6.45, 7) is 0. The summed E-state index contributed by atoms with van der Waals surface area (Å²) < 4.78 is 0. The van der Waals surface area contributed by atoms with Crippen LogP contribution in [0.15, 0.2) is 42.5 Å². The summed E-state index contributed by atoms with van der Waals surface area (Å²) in [5, 5.41) is 14.2. The highest BCUT2D eigenvalue weighted by Crippen LogP contribution is 2.26. The standard InChI is InChI=1S/C18H19NO3/c20-17(19-15-9-8-14(10-15)18(21)22)11-13-6-3-5-12-4-1-2-7-16(12)13/h1-7,14-15H,8-11H2,(H,19,20)(H,21,22)/t14-,15+/m0/s1. The Morgan fingerprint density at radius 2 is 1.86 bits per heavy atom. The lowest BCUT2D eigenvalue weighted by Gasteiger charge is -2.13. The van der Waals surface area contributed by atoms with Gasteiger partial charge in [-0.2, -0.15) is 0 Å². The number of hydrogen-bond acceptors (Lipinski definition) is 2. The largest absolute Gasteiger partial charge is 0.481 e. The molecule has 0 unspecified atom stereocenters. The highest BCUT2D eigenvalue weighted by atomic mass is 16.4. The molecule has 4 heteroatoms. The van der Waals surface area contributed by atoms with Crippen molar-refractivity contribution in [2.45, 2.75) is 31.7 Å². The molecule has 2 N–H and O–H groups in total. The monoisotopic (exact) mass is 297 g/mol. The summed E-state index contributed by atoms with van der Waals surface area (Å²) in [6, 6.07) is 14.0. The Kier molecular flexibility index (Phi) is 4.09. The molecule has 1 aliphatic carbocycles. The van der Waals surface area contributed by atoms with E-state index in [9.17, 15) is 9.59 Å². The second kappa shape index (κ2) is 6.18. The first-order chi connectivity index (χ1) is 10.6. The maximum absolute atomic E-state index is 12.2. The quantitative estimate of drug-likeness (QED) is 0.912. The lowest BCUT2D eigenvalue weighted by atomic mass is 10.0. The molecule has 4 nitrogen and oxygen atoms in total. The lowest BCUT2D eigenvalue weighted by Crippen LogP contribution is -2.34. The second-order valence-corrected chi connectivity index (χ2v) is 5.93. The predicted molar refractivity (Wildman–Crippen MR) is 84.6 cm³/mol. The summed E-state index contributed by atoms with van der Waals surface area (Å²) in [4.78, 5) is 23.2. The van der Waals surface area contributed by atoms with Crippen molar-refractivity contribution in [2.24, 2.45) is 5.92 Å². The average molecular weight is 297 g/mol. The molecule has 0 saturated heterocycles. The smallest absolute Gasteiger partial charge is 0.306 e. The molecule has 0 spiro atoms. The summed E-state index contributed by atoms with van der Waals surface area (Å²) in [6.07, 6.45) is 2.26. The van der Waals surface area contributed by atoms with E-state index < -0.39 is 5.97 Å². The molecule has 2 aromatic rings. The van der Waals surface area contributed by atoms with Crippen LogP contribution in [-0.2, 0) is 16.0 Å². The molecule has 1 saturated carbocycles. The third kappa shape index (κ3) is 3.11. The van der Waals surface area contributed by atoms with Gasteiger partial charge in [-0.1, -0.05) is 42.5 Å². The molecular weight excluding hydrogens is 278 g/mol. The fraction of sp³-hybridized carbons (Fsp3) is 0.333. The number of carbonyl (C=O) groups excluding carboxylic acids is 1. The predicted octanol–water partition coefficient (Wildman–Crippen LogP) is 2.75. The number of nitrogens with one attached hydrogen (secondary N) is 1. The number of aliphatic carboxylic acids is 1. The normalized spacial score (nSPS) is 20.9. The van der Waals surface area contributed by atoms with Crippen molar-refractivity contribution >= 4 is 22.6 Å². The van der Waals surface area contributed by atoms with E-state index >= 15 is 0 Å². The Labute approximate surface area is 129 Å². The van der Waals surface area contributed by atoms with E-state index in [2.05, 4.69) is 5.32 Å². The van der Waals surface area contributed by atoms with E-state index in [4.69, 9.17) is 5.11 Å². The molecule has 1 aliphatic rings. The number of carboxylic acid groups (broad SMARTS) is 1. The topological polar surface area (TPSA) is 66.4 Å². The van der Waals surface area contributed by atoms with E-state index in [1.807, 2.05) is 42.5 Å². The van der Waals surface area contributed by atoms with Crippen molar-refractivity contribution in [1.29, 1.82) is 0 Å². The number of carboxylic acids is 1. The first kappa shape index (κ1) is 14.6. The van der Waals surface area contributed by atoms with Gasteiger partial charge in [0.25, 0.3) is 0 Å². The van der Waals surface area contributed by atoms with Gasteiger partial charge >= 0.3 is 5.97 Å². The van der Waals surface area contributed by atoms with Crippen molar-refractivity contribution in [2.75, 3.05) is 0 Å². The van der Waals surface area contributed by atoms with Crippen molar-refractivity contribution in [1.82, 2.24) is 5.32 Å². The van der Waals surface area contributed by atoms with Crippen LogP contribution in [0.1, 0.15) is 24.8 Å². The van der Waals surface area contributed by atoms with Gasteiger partial charge in [0.1, 0.15) is 0 Å².